The van der Waals surface area contributed by atoms with Crippen LogP contribution in [0, 0.1) is 0 Å². The second-order valence-electron chi connectivity index (χ2n) is 5.22. The first kappa shape index (κ1) is 12.0. The van der Waals surface area contributed by atoms with E-state index in [2.05, 4.69) is 15.2 Å². The van der Waals surface area contributed by atoms with Gasteiger partial charge in [0.05, 0.1) is 11.8 Å². The lowest BCUT2D eigenvalue weighted by Gasteiger charge is -2.30. The Hall–Kier alpha value is -1.07. The van der Waals surface area contributed by atoms with Crippen LogP contribution in [-0.4, -0.2) is 37.3 Å². The Morgan fingerprint density at radius 3 is 3.17 bits per heavy atom. The van der Waals surface area contributed by atoms with E-state index in [4.69, 9.17) is 9.15 Å². The normalized spacial score (nSPS) is 24.5. The molecule has 1 aliphatic carbocycles. The van der Waals surface area contributed by atoms with E-state index >= 15 is 0 Å². The van der Waals surface area contributed by atoms with E-state index in [0.29, 0.717) is 12.1 Å². The molecule has 0 bridgehead atoms. The number of aromatic nitrogens is 1. The lowest BCUT2D eigenvalue weighted by Crippen LogP contribution is -2.39. The zero-order chi connectivity index (χ0) is 12.4. The maximum atomic E-state index is 5.57. The summed E-state index contributed by atoms with van der Waals surface area (Å²) in [5.41, 5.74) is 0.997. The fourth-order valence-corrected chi connectivity index (χ4v) is 2.36. The summed E-state index contributed by atoms with van der Waals surface area (Å²) in [6, 6.07) is 1.45. The molecule has 1 aromatic rings. The first-order valence-corrected chi connectivity index (χ1v) is 6.80. The van der Waals surface area contributed by atoms with Gasteiger partial charge in [0.15, 0.2) is 0 Å². The Morgan fingerprint density at radius 2 is 2.39 bits per heavy atom. The molecule has 1 aliphatic heterocycles. The Morgan fingerprint density at radius 1 is 1.50 bits per heavy atom. The molecule has 1 atom stereocenters. The van der Waals surface area contributed by atoms with Gasteiger partial charge in [0.1, 0.15) is 6.26 Å². The standard InChI is InChI=1S/C13H21N3O2/c1-17-12-3-2-6-16(8-12)13-15-11(9-18-13)7-14-10-4-5-10/h9-10,12,14H,2-8H2,1H3. The molecule has 0 aromatic carbocycles. The third-order valence-corrected chi connectivity index (χ3v) is 3.67. The van der Waals surface area contributed by atoms with Crippen molar-refractivity contribution >= 4 is 6.01 Å². The van der Waals surface area contributed by atoms with Crippen molar-refractivity contribution in [3.63, 3.8) is 0 Å². The molecule has 3 rings (SSSR count). The van der Waals surface area contributed by atoms with Crippen molar-refractivity contribution in [2.75, 3.05) is 25.1 Å². The van der Waals surface area contributed by atoms with Crippen molar-refractivity contribution in [2.24, 2.45) is 0 Å². The molecule has 1 aromatic heterocycles. The van der Waals surface area contributed by atoms with Gasteiger partial charge in [0.2, 0.25) is 0 Å². The van der Waals surface area contributed by atoms with Gasteiger partial charge in [0, 0.05) is 32.8 Å². The molecule has 100 valence electrons. The molecular formula is C13H21N3O2. The number of hydrogen-bond donors (Lipinski definition) is 1. The molecule has 18 heavy (non-hydrogen) atoms. The summed E-state index contributed by atoms with van der Waals surface area (Å²) in [6.07, 6.45) is 6.93. The molecule has 2 aliphatic rings. The van der Waals surface area contributed by atoms with Crippen molar-refractivity contribution in [1.82, 2.24) is 10.3 Å². The summed E-state index contributed by atoms with van der Waals surface area (Å²) in [6.45, 7) is 2.71. The van der Waals surface area contributed by atoms with Gasteiger partial charge in [-0.1, -0.05) is 0 Å². The maximum Gasteiger partial charge on any atom is 0.297 e. The fraction of sp³-hybridized carbons (Fsp3) is 0.769. The van der Waals surface area contributed by atoms with Crippen molar-refractivity contribution < 1.29 is 9.15 Å². The summed E-state index contributed by atoms with van der Waals surface area (Å²) < 4.78 is 11.0. The minimum atomic E-state index is 0.304. The minimum Gasteiger partial charge on any atom is -0.432 e. The van der Waals surface area contributed by atoms with Gasteiger partial charge in [-0.25, -0.2) is 0 Å². The molecule has 0 spiro atoms. The van der Waals surface area contributed by atoms with Crippen LogP contribution in [0.4, 0.5) is 6.01 Å². The number of oxazole rings is 1. The number of ether oxygens (including phenoxy) is 1. The largest absolute Gasteiger partial charge is 0.432 e. The van der Waals surface area contributed by atoms with Gasteiger partial charge in [-0.05, 0) is 25.7 Å². The average molecular weight is 251 g/mol. The van der Waals surface area contributed by atoms with Crippen LogP contribution in [-0.2, 0) is 11.3 Å². The molecule has 1 N–H and O–H groups in total. The SMILES string of the molecule is COC1CCCN(c2nc(CNC3CC3)co2)C1. The maximum absolute atomic E-state index is 5.57. The van der Waals surface area contributed by atoms with E-state index in [1.54, 1.807) is 13.4 Å². The monoisotopic (exact) mass is 251 g/mol. The first-order chi connectivity index (χ1) is 8.85. The van der Waals surface area contributed by atoms with E-state index in [1.807, 2.05) is 0 Å². The average Bonchev–Trinajstić information content (AvgIpc) is 3.13. The van der Waals surface area contributed by atoms with Gasteiger partial charge >= 0.3 is 0 Å². The van der Waals surface area contributed by atoms with Crippen LogP contribution >= 0.6 is 0 Å². The quantitative estimate of drug-likeness (QED) is 0.860. The number of rotatable bonds is 5. The number of nitrogens with zero attached hydrogens (tertiary/aromatic N) is 2. The predicted molar refractivity (Wildman–Crippen MR) is 68.6 cm³/mol. The molecule has 2 heterocycles. The topological polar surface area (TPSA) is 50.5 Å². The highest BCUT2D eigenvalue weighted by Gasteiger charge is 2.24. The number of piperidine rings is 1. The number of methoxy groups -OCH3 is 1. The fourth-order valence-electron chi connectivity index (χ4n) is 2.36. The number of hydrogen-bond acceptors (Lipinski definition) is 5. The number of anilines is 1. The van der Waals surface area contributed by atoms with E-state index < -0.39 is 0 Å². The van der Waals surface area contributed by atoms with E-state index in [0.717, 1.165) is 44.2 Å². The third kappa shape index (κ3) is 2.84. The lowest BCUT2D eigenvalue weighted by molar-refractivity contribution is 0.0879. The Labute approximate surface area is 108 Å². The Balaban J connectivity index is 1.57. The van der Waals surface area contributed by atoms with Crippen molar-refractivity contribution in [3.05, 3.63) is 12.0 Å². The van der Waals surface area contributed by atoms with Gasteiger partial charge in [-0.2, -0.15) is 4.98 Å². The second kappa shape index (κ2) is 5.28. The van der Waals surface area contributed by atoms with E-state index in [-0.39, 0.29) is 0 Å². The van der Waals surface area contributed by atoms with E-state index in [9.17, 15) is 0 Å². The van der Waals surface area contributed by atoms with Crippen LogP contribution in [0.5, 0.6) is 0 Å². The van der Waals surface area contributed by atoms with Crippen LogP contribution in [0.25, 0.3) is 0 Å². The van der Waals surface area contributed by atoms with Crippen LogP contribution in [0.2, 0.25) is 0 Å². The summed E-state index contributed by atoms with van der Waals surface area (Å²) >= 11 is 0. The summed E-state index contributed by atoms with van der Waals surface area (Å²) in [5.74, 6) is 0. The second-order valence-corrected chi connectivity index (χ2v) is 5.22. The molecule has 2 fully saturated rings. The Bertz CT molecular complexity index is 389. The highest BCUT2D eigenvalue weighted by Crippen LogP contribution is 2.22. The Kier molecular flexibility index (Phi) is 3.52. The zero-order valence-corrected chi connectivity index (χ0v) is 10.9. The van der Waals surface area contributed by atoms with Crippen LogP contribution in [0.3, 0.4) is 0 Å². The summed E-state index contributed by atoms with van der Waals surface area (Å²) in [5, 5.41) is 3.44. The van der Waals surface area contributed by atoms with Crippen LogP contribution < -0.4 is 10.2 Å². The highest BCUT2D eigenvalue weighted by atomic mass is 16.5. The molecule has 5 nitrogen and oxygen atoms in total. The third-order valence-electron chi connectivity index (χ3n) is 3.67. The van der Waals surface area contributed by atoms with Crippen molar-refractivity contribution in [1.29, 1.82) is 0 Å². The molecule has 1 saturated heterocycles. The van der Waals surface area contributed by atoms with Crippen molar-refractivity contribution in [2.45, 2.75) is 44.4 Å². The first-order valence-electron chi connectivity index (χ1n) is 6.80. The van der Waals surface area contributed by atoms with Crippen molar-refractivity contribution in [3.8, 4) is 0 Å². The van der Waals surface area contributed by atoms with Gasteiger partial charge in [0.25, 0.3) is 6.01 Å². The van der Waals surface area contributed by atoms with Gasteiger partial charge in [-0.3, -0.25) is 0 Å². The zero-order valence-electron chi connectivity index (χ0n) is 10.9. The predicted octanol–water partition coefficient (Wildman–Crippen LogP) is 1.54. The minimum absolute atomic E-state index is 0.304. The van der Waals surface area contributed by atoms with Gasteiger partial charge < -0.3 is 19.4 Å². The smallest absolute Gasteiger partial charge is 0.297 e. The van der Waals surface area contributed by atoms with Crippen LogP contribution in [0.15, 0.2) is 10.7 Å². The molecule has 1 unspecified atom stereocenters. The van der Waals surface area contributed by atoms with Crippen LogP contribution in [0.1, 0.15) is 31.4 Å². The molecular weight excluding hydrogens is 230 g/mol. The van der Waals surface area contributed by atoms with Gasteiger partial charge in [-0.15, -0.1) is 0 Å². The number of nitrogens with one attached hydrogen (secondary N) is 1. The van der Waals surface area contributed by atoms with E-state index in [1.165, 1.54) is 12.8 Å². The molecule has 0 radical (unpaired) electrons. The summed E-state index contributed by atoms with van der Waals surface area (Å²) in [4.78, 5) is 6.72. The highest BCUT2D eigenvalue weighted by molar-refractivity contribution is 5.28. The molecule has 0 amide bonds. The summed E-state index contributed by atoms with van der Waals surface area (Å²) in [7, 11) is 1.77. The lowest BCUT2D eigenvalue weighted by atomic mass is 10.1. The molecule has 5 heteroatoms. The molecule has 1 saturated carbocycles.